The van der Waals surface area contributed by atoms with Crippen LogP contribution in [-0.4, -0.2) is 24.2 Å². The lowest BCUT2D eigenvalue weighted by Crippen LogP contribution is -1.75. The Morgan fingerprint density at radius 2 is 2.60 bits per heavy atom. The van der Waals surface area contributed by atoms with Crippen LogP contribution in [0.4, 0.5) is 0 Å². The van der Waals surface area contributed by atoms with Crippen molar-refractivity contribution in [3.05, 3.63) is 12.4 Å². The Hall–Kier alpha value is -1.30. The highest BCUT2D eigenvalue weighted by molar-refractivity contribution is 6.99. The summed E-state index contributed by atoms with van der Waals surface area (Å²) in [4.78, 5) is 0. The van der Waals surface area contributed by atoms with Crippen LogP contribution < -0.4 is 0 Å². The molecule has 0 fully saturated rings. The van der Waals surface area contributed by atoms with Crippen molar-refractivity contribution in [1.82, 2.24) is 24.2 Å². The highest BCUT2D eigenvalue weighted by atomic mass is 32.1. The molecule has 0 aliphatic rings. The van der Waals surface area contributed by atoms with Crippen molar-refractivity contribution < 1.29 is 0 Å². The van der Waals surface area contributed by atoms with Crippen LogP contribution in [0.3, 0.4) is 0 Å². The molecule has 2 heterocycles. The van der Waals surface area contributed by atoms with Crippen LogP contribution in [0.15, 0.2) is 6.20 Å². The van der Waals surface area contributed by atoms with E-state index in [0.717, 1.165) is 17.4 Å². The van der Waals surface area contributed by atoms with E-state index in [2.05, 4.69) is 30.4 Å². The molecular formula is C4H2N5S. The third-order valence-electron chi connectivity index (χ3n) is 0.991. The Morgan fingerprint density at radius 1 is 1.60 bits per heavy atom. The van der Waals surface area contributed by atoms with Gasteiger partial charge in [0.15, 0.2) is 0 Å². The van der Waals surface area contributed by atoms with E-state index in [1.165, 1.54) is 0 Å². The molecule has 2 rings (SSSR count). The molecule has 1 radical (unpaired) electrons. The molecular weight excluding hydrogens is 150 g/mol. The monoisotopic (exact) mass is 152 g/mol. The molecule has 2 aromatic rings. The molecule has 0 saturated heterocycles. The first kappa shape index (κ1) is 5.48. The van der Waals surface area contributed by atoms with E-state index in [-0.39, 0.29) is 0 Å². The van der Waals surface area contributed by atoms with Crippen LogP contribution in [0, 0.1) is 6.20 Å². The van der Waals surface area contributed by atoms with Crippen LogP contribution in [0.5, 0.6) is 0 Å². The van der Waals surface area contributed by atoms with Gasteiger partial charge in [-0.2, -0.15) is 8.75 Å². The second-order valence-electron chi connectivity index (χ2n) is 1.59. The zero-order valence-electron chi connectivity index (χ0n) is 4.77. The second-order valence-corrected chi connectivity index (χ2v) is 2.15. The molecule has 6 heteroatoms. The minimum absolute atomic E-state index is 0.675. The molecule has 0 saturated carbocycles. The summed E-state index contributed by atoms with van der Waals surface area (Å²) in [5, 5.41) is 9.60. The Bertz CT molecular complexity index is 253. The summed E-state index contributed by atoms with van der Waals surface area (Å²) in [5.74, 6) is 0. The van der Waals surface area contributed by atoms with Gasteiger partial charge in [-0.3, -0.25) is 5.10 Å². The molecule has 0 amide bonds. The van der Waals surface area contributed by atoms with Gasteiger partial charge in [-0.1, -0.05) is 5.21 Å². The molecule has 2 aromatic heterocycles. The number of H-pyrrole nitrogens is 1. The van der Waals surface area contributed by atoms with E-state index in [0.29, 0.717) is 5.69 Å². The van der Waals surface area contributed by atoms with Crippen LogP contribution >= 0.6 is 11.7 Å². The molecule has 49 valence electrons. The molecule has 0 aliphatic heterocycles. The lowest BCUT2D eigenvalue weighted by atomic mass is 10.4. The van der Waals surface area contributed by atoms with Gasteiger partial charge < -0.3 is 0 Å². The van der Waals surface area contributed by atoms with Gasteiger partial charge in [-0.05, 0) is 0 Å². The molecule has 0 bridgehead atoms. The highest BCUT2D eigenvalue weighted by Gasteiger charge is 2.01. The van der Waals surface area contributed by atoms with Crippen LogP contribution in [0.2, 0.25) is 0 Å². The Kier molecular flexibility index (Phi) is 1.17. The maximum Gasteiger partial charge on any atom is 0.145 e. The van der Waals surface area contributed by atoms with Crippen molar-refractivity contribution in [1.29, 1.82) is 0 Å². The third kappa shape index (κ3) is 0.781. The first-order valence-electron chi connectivity index (χ1n) is 2.53. The largest absolute Gasteiger partial charge is 0.255 e. The van der Waals surface area contributed by atoms with Crippen molar-refractivity contribution in [3.63, 3.8) is 0 Å². The van der Waals surface area contributed by atoms with Crippen molar-refractivity contribution in [3.8, 4) is 11.4 Å². The van der Waals surface area contributed by atoms with Crippen LogP contribution in [0.25, 0.3) is 11.4 Å². The molecule has 0 unspecified atom stereocenters. The molecule has 0 aliphatic carbocycles. The lowest BCUT2D eigenvalue weighted by molar-refractivity contribution is 0.939. The van der Waals surface area contributed by atoms with Crippen LogP contribution in [0.1, 0.15) is 0 Å². The maximum atomic E-state index is 3.95. The molecule has 0 aromatic carbocycles. The van der Waals surface area contributed by atoms with Gasteiger partial charge in [0.25, 0.3) is 0 Å². The Balaban J connectivity index is 2.48. The number of nitrogens with one attached hydrogen (secondary N) is 1. The van der Waals surface area contributed by atoms with Gasteiger partial charge in [0.1, 0.15) is 17.6 Å². The molecule has 0 atom stereocenters. The standard InChI is InChI=1S/C4H2N5S/c1-3(7-9-5-1)4-2-6-10-8-4/h2H,(H,5,7,9). The summed E-state index contributed by atoms with van der Waals surface area (Å²) in [6.45, 7) is 0. The van der Waals surface area contributed by atoms with Gasteiger partial charge >= 0.3 is 0 Å². The van der Waals surface area contributed by atoms with Crippen molar-refractivity contribution in [2.45, 2.75) is 0 Å². The van der Waals surface area contributed by atoms with Gasteiger partial charge in [-0.15, -0.1) is 5.10 Å². The first-order chi connectivity index (χ1) is 4.97. The fourth-order valence-corrected chi connectivity index (χ4v) is 0.985. The summed E-state index contributed by atoms with van der Waals surface area (Å²) < 4.78 is 7.76. The number of nitrogens with zero attached hydrogens (tertiary/aromatic N) is 4. The van der Waals surface area contributed by atoms with Crippen molar-refractivity contribution in [2.75, 3.05) is 0 Å². The quantitative estimate of drug-likeness (QED) is 0.630. The van der Waals surface area contributed by atoms with E-state index >= 15 is 0 Å². The molecule has 1 N–H and O–H groups in total. The minimum atomic E-state index is 0.675. The number of hydrogen-bond acceptors (Lipinski definition) is 5. The fraction of sp³-hybridized carbons (Fsp3) is 0. The summed E-state index contributed by atoms with van der Waals surface area (Å²) in [5.41, 5.74) is 1.41. The summed E-state index contributed by atoms with van der Waals surface area (Å²) in [6.07, 6.45) is 4.26. The van der Waals surface area contributed by atoms with E-state index in [1.807, 2.05) is 0 Å². The van der Waals surface area contributed by atoms with Crippen LogP contribution in [-0.2, 0) is 0 Å². The van der Waals surface area contributed by atoms with E-state index in [1.54, 1.807) is 6.20 Å². The fourth-order valence-electron chi connectivity index (χ4n) is 0.564. The first-order valence-corrected chi connectivity index (χ1v) is 3.26. The average Bonchev–Trinajstić information content (AvgIpc) is 2.59. The lowest BCUT2D eigenvalue weighted by Gasteiger charge is -1.79. The van der Waals surface area contributed by atoms with Gasteiger partial charge in [-0.25, -0.2) is 0 Å². The van der Waals surface area contributed by atoms with Gasteiger partial charge in [0.2, 0.25) is 0 Å². The zero-order chi connectivity index (χ0) is 6.81. The Labute approximate surface area is 60.4 Å². The van der Waals surface area contributed by atoms with Gasteiger partial charge in [0.05, 0.1) is 17.9 Å². The maximum absolute atomic E-state index is 3.95. The molecule has 5 nitrogen and oxygen atoms in total. The van der Waals surface area contributed by atoms with Crippen molar-refractivity contribution >= 4 is 11.7 Å². The smallest absolute Gasteiger partial charge is 0.145 e. The van der Waals surface area contributed by atoms with E-state index < -0.39 is 0 Å². The normalized spacial score (nSPS) is 10.0. The third-order valence-corrected chi connectivity index (χ3v) is 1.47. The number of aromatic nitrogens is 5. The molecule has 10 heavy (non-hydrogen) atoms. The average molecular weight is 152 g/mol. The zero-order valence-corrected chi connectivity index (χ0v) is 5.59. The second kappa shape index (κ2) is 2.14. The SMILES string of the molecule is [c]1nn[nH]c1-c1cnsn1. The van der Waals surface area contributed by atoms with E-state index in [9.17, 15) is 0 Å². The summed E-state index contributed by atoms with van der Waals surface area (Å²) in [7, 11) is 0. The predicted molar refractivity (Wildman–Crippen MR) is 34.1 cm³/mol. The van der Waals surface area contributed by atoms with Crippen molar-refractivity contribution in [2.24, 2.45) is 0 Å². The topological polar surface area (TPSA) is 67.3 Å². The highest BCUT2D eigenvalue weighted by Crippen LogP contribution is 2.09. The number of rotatable bonds is 1. The Morgan fingerprint density at radius 3 is 3.20 bits per heavy atom. The minimum Gasteiger partial charge on any atom is -0.255 e. The van der Waals surface area contributed by atoms with Gasteiger partial charge in [0, 0.05) is 0 Å². The number of aromatic amines is 1. The number of hydrogen-bond donors (Lipinski definition) is 1. The summed E-state index contributed by atoms with van der Waals surface area (Å²) >= 11 is 1.14. The predicted octanol–water partition coefficient (Wildman–Crippen LogP) is 0.123. The summed E-state index contributed by atoms with van der Waals surface area (Å²) in [6, 6.07) is 0. The molecule has 0 spiro atoms. The van der Waals surface area contributed by atoms with E-state index in [4.69, 9.17) is 0 Å².